The van der Waals surface area contributed by atoms with Crippen LogP contribution in [0.2, 0.25) is 5.02 Å². The molecule has 10 heteroatoms. The van der Waals surface area contributed by atoms with Crippen LogP contribution in [0.15, 0.2) is 59.8 Å². The van der Waals surface area contributed by atoms with E-state index in [2.05, 4.69) is 20.0 Å². The summed E-state index contributed by atoms with van der Waals surface area (Å²) in [7, 11) is -4.12. The molecule has 0 fully saturated rings. The quantitative estimate of drug-likeness (QED) is 0.576. The maximum Gasteiger partial charge on any atom is 0.263 e. The lowest BCUT2D eigenvalue weighted by molar-refractivity contribution is 0.102. The van der Waals surface area contributed by atoms with Crippen molar-refractivity contribution in [1.29, 1.82) is 0 Å². The van der Waals surface area contributed by atoms with Gasteiger partial charge in [-0.2, -0.15) is 0 Å². The zero-order valence-corrected chi connectivity index (χ0v) is 18.6. The Morgan fingerprint density at radius 3 is 2.19 bits per heavy atom. The third-order valence-electron chi connectivity index (χ3n) is 4.16. The van der Waals surface area contributed by atoms with E-state index in [1.54, 1.807) is 0 Å². The van der Waals surface area contributed by atoms with E-state index >= 15 is 0 Å². The molecule has 0 atom stereocenters. The SMILES string of the molecule is CC(C)(C)c1ncc(NC(=O)c2ccc(Cl)c(S(=O)(=O)Nc3ccc(F)cc3)c2)cn1. The molecule has 1 aromatic heterocycles. The van der Waals surface area contributed by atoms with Crippen LogP contribution in [0.25, 0.3) is 0 Å². The molecule has 0 aliphatic heterocycles. The van der Waals surface area contributed by atoms with Crippen LogP contribution in [0.5, 0.6) is 0 Å². The van der Waals surface area contributed by atoms with Gasteiger partial charge in [0, 0.05) is 16.7 Å². The van der Waals surface area contributed by atoms with Crippen LogP contribution in [-0.4, -0.2) is 24.3 Å². The zero-order valence-electron chi connectivity index (χ0n) is 17.0. The Morgan fingerprint density at radius 1 is 1.00 bits per heavy atom. The van der Waals surface area contributed by atoms with Crippen molar-refractivity contribution >= 4 is 38.9 Å². The molecule has 162 valence electrons. The van der Waals surface area contributed by atoms with Crippen molar-refractivity contribution in [2.24, 2.45) is 0 Å². The lowest BCUT2D eigenvalue weighted by Gasteiger charge is -2.16. The minimum atomic E-state index is -4.12. The van der Waals surface area contributed by atoms with Gasteiger partial charge < -0.3 is 5.32 Å². The van der Waals surface area contributed by atoms with E-state index in [1.165, 1.54) is 36.7 Å². The molecule has 7 nitrogen and oxygen atoms in total. The average Bonchev–Trinajstić information content (AvgIpc) is 2.69. The van der Waals surface area contributed by atoms with Crippen molar-refractivity contribution in [3.8, 4) is 0 Å². The topological polar surface area (TPSA) is 101 Å². The van der Waals surface area contributed by atoms with Gasteiger partial charge >= 0.3 is 0 Å². The highest BCUT2D eigenvalue weighted by molar-refractivity contribution is 7.92. The van der Waals surface area contributed by atoms with Crippen LogP contribution in [0.1, 0.15) is 37.0 Å². The summed E-state index contributed by atoms with van der Waals surface area (Å²) in [5.41, 5.74) is 0.355. The Bertz CT molecular complexity index is 1210. The number of hydrogen-bond acceptors (Lipinski definition) is 5. The van der Waals surface area contributed by atoms with Crippen LogP contribution in [0.3, 0.4) is 0 Å². The maximum absolute atomic E-state index is 13.1. The lowest BCUT2D eigenvalue weighted by atomic mass is 9.96. The minimum absolute atomic E-state index is 0.0657. The fourth-order valence-corrected chi connectivity index (χ4v) is 4.15. The minimum Gasteiger partial charge on any atom is -0.319 e. The number of nitrogens with zero attached hydrogens (tertiary/aromatic N) is 2. The molecule has 0 aliphatic rings. The Morgan fingerprint density at radius 2 is 1.61 bits per heavy atom. The van der Waals surface area contributed by atoms with Crippen molar-refractivity contribution in [2.75, 3.05) is 10.0 Å². The molecule has 2 N–H and O–H groups in total. The first kappa shape index (κ1) is 22.6. The van der Waals surface area contributed by atoms with E-state index < -0.39 is 21.7 Å². The van der Waals surface area contributed by atoms with Gasteiger partial charge in [0.05, 0.1) is 23.1 Å². The highest BCUT2D eigenvalue weighted by Gasteiger charge is 2.21. The number of nitrogens with one attached hydrogen (secondary N) is 2. The number of halogens is 2. The molecule has 0 spiro atoms. The summed E-state index contributed by atoms with van der Waals surface area (Å²) in [6, 6.07) is 8.67. The molecule has 0 bridgehead atoms. The van der Waals surface area contributed by atoms with Crippen LogP contribution in [0.4, 0.5) is 15.8 Å². The predicted octanol–water partition coefficient (Wildman–Crippen LogP) is 4.62. The molecule has 3 aromatic rings. The molecular formula is C21H20ClFN4O3S. The van der Waals surface area contributed by atoms with Crippen LogP contribution >= 0.6 is 11.6 Å². The van der Waals surface area contributed by atoms with Crippen molar-refractivity contribution in [1.82, 2.24) is 9.97 Å². The molecular weight excluding hydrogens is 443 g/mol. The summed E-state index contributed by atoms with van der Waals surface area (Å²) >= 11 is 6.07. The average molecular weight is 463 g/mol. The number of aromatic nitrogens is 2. The molecule has 1 heterocycles. The van der Waals surface area contributed by atoms with E-state index in [-0.39, 0.29) is 26.6 Å². The van der Waals surface area contributed by atoms with Crippen molar-refractivity contribution in [3.05, 3.63) is 77.1 Å². The van der Waals surface area contributed by atoms with Gasteiger partial charge in [-0.25, -0.2) is 22.8 Å². The van der Waals surface area contributed by atoms with E-state index in [1.807, 2.05) is 20.8 Å². The highest BCUT2D eigenvalue weighted by atomic mass is 35.5. The third-order valence-corrected chi connectivity index (χ3v) is 6.02. The fourth-order valence-electron chi connectivity index (χ4n) is 2.56. The second-order valence-electron chi connectivity index (χ2n) is 7.76. The summed E-state index contributed by atoms with van der Waals surface area (Å²) in [6.45, 7) is 5.91. The highest BCUT2D eigenvalue weighted by Crippen LogP contribution is 2.26. The van der Waals surface area contributed by atoms with Gasteiger partial charge in [-0.15, -0.1) is 0 Å². The third kappa shape index (κ3) is 5.56. The van der Waals surface area contributed by atoms with E-state index in [0.29, 0.717) is 11.5 Å². The molecule has 0 aliphatic carbocycles. The molecule has 31 heavy (non-hydrogen) atoms. The van der Waals surface area contributed by atoms with E-state index in [9.17, 15) is 17.6 Å². The second-order valence-corrected chi connectivity index (χ2v) is 9.82. The Labute approximate surface area is 184 Å². The van der Waals surface area contributed by atoms with Gasteiger partial charge in [-0.3, -0.25) is 9.52 Å². The van der Waals surface area contributed by atoms with Crippen LogP contribution in [-0.2, 0) is 15.4 Å². The Kier molecular flexibility index (Phi) is 6.28. The summed E-state index contributed by atoms with van der Waals surface area (Å²) in [6.07, 6.45) is 2.96. The number of carbonyl (C=O) groups excluding carboxylic acids is 1. The number of benzene rings is 2. The Hall–Kier alpha value is -3.04. The number of hydrogen-bond donors (Lipinski definition) is 2. The van der Waals surface area contributed by atoms with Crippen LogP contribution < -0.4 is 10.0 Å². The number of amides is 1. The van der Waals surface area contributed by atoms with E-state index in [0.717, 1.165) is 18.2 Å². The van der Waals surface area contributed by atoms with E-state index in [4.69, 9.17) is 11.6 Å². The van der Waals surface area contributed by atoms with Gasteiger partial charge in [0.1, 0.15) is 16.5 Å². The first-order chi connectivity index (χ1) is 14.5. The standard InChI is InChI=1S/C21H20ClFN4O3S/c1-21(2,3)20-24-11-16(12-25-20)26-19(28)13-4-9-17(22)18(10-13)31(29,30)27-15-7-5-14(23)6-8-15/h4-12,27H,1-3H3,(H,26,28). The Balaban J connectivity index is 1.82. The lowest BCUT2D eigenvalue weighted by Crippen LogP contribution is -2.18. The van der Waals surface area contributed by atoms with Gasteiger partial charge in [0.2, 0.25) is 0 Å². The van der Waals surface area contributed by atoms with Crippen LogP contribution in [0, 0.1) is 5.82 Å². The first-order valence-electron chi connectivity index (χ1n) is 9.17. The van der Waals surface area contributed by atoms with Gasteiger partial charge in [0.25, 0.3) is 15.9 Å². The molecule has 3 rings (SSSR count). The van der Waals surface area contributed by atoms with Gasteiger partial charge in [-0.05, 0) is 42.5 Å². The van der Waals surface area contributed by atoms with Crippen molar-refractivity contribution in [2.45, 2.75) is 31.1 Å². The summed E-state index contributed by atoms with van der Waals surface area (Å²) in [5.74, 6) is -0.432. The smallest absolute Gasteiger partial charge is 0.263 e. The number of carbonyl (C=O) groups is 1. The summed E-state index contributed by atoms with van der Waals surface area (Å²) < 4.78 is 40.8. The molecule has 0 saturated carbocycles. The molecule has 1 amide bonds. The fraction of sp³-hybridized carbons (Fsp3) is 0.190. The number of sulfonamides is 1. The van der Waals surface area contributed by atoms with Gasteiger partial charge in [0.15, 0.2) is 0 Å². The molecule has 0 radical (unpaired) electrons. The molecule has 2 aromatic carbocycles. The van der Waals surface area contributed by atoms with Crippen molar-refractivity contribution in [3.63, 3.8) is 0 Å². The summed E-state index contributed by atoms with van der Waals surface area (Å²) in [5, 5.41) is 2.56. The zero-order chi connectivity index (χ0) is 22.8. The first-order valence-corrected chi connectivity index (χ1v) is 11.0. The largest absolute Gasteiger partial charge is 0.319 e. The second kappa shape index (κ2) is 8.60. The number of rotatable bonds is 5. The predicted molar refractivity (Wildman–Crippen MR) is 117 cm³/mol. The monoisotopic (exact) mass is 462 g/mol. The van der Waals surface area contributed by atoms with Gasteiger partial charge in [-0.1, -0.05) is 32.4 Å². The molecule has 0 saturated heterocycles. The van der Waals surface area contributed by atoms with Crippen molar-refractivity contribution < 1.29 is 17.6 Å². The number of anilines is 2. The normalized spacial score (nSPS) is 11.8. The summed E-state index contributed by atoms with van der Waals surface area (Å²) in [4.78, 5) is 20.8. The molecule has 0 unspecified atom stereocenters. The maximum atomic E-state index is 13.1.